The van der Waals surface area contributed by atoms with Crippen molar-refractivity contribution in [2.45, 2.75) is 45.4 Å². The molecule has 0 aliphatic heterocycles. The van der Waals surface area contributed by atoms with E-state index in [2.05, 4.69) is 49.4 Å². The first-order chi connectivity index (χ1) is 9.42. The molecule has 0 saturated heterocycles. The van der Waals surface area contributed by atoms with Gasteiger partial charge in [0.1, 0.15) is 0 Å². The van der Waals surface area contributed by atoms with Gasteiger partial charge in [0.25, 0.3) is 0 Å². The van der Waals surface area contributed by atoms with Gasteiger partial charge in [0.2, 0.25) is 0 Å². The first-order valence-corrected chi connectivity index (χ1v) is 8.84. The second-order valence-corrected chi connectivity index (χ2v) is 6.61. The molecule has 2 rings (SSSR count). The van der Waals surface area contributed by atoms with Crippen LogP contribution in [-0.4, -0.2) is 6.16 Å². The van der Waals surface area contributed by atoms with Gasteiger partial charge in [-0.25, -0.2) is 0 Å². The molecule has 0 fully saturated rings. The van der Waals surface area contributed by atoms with Crippen molar-refractivity contribution < 1.29 is 0 Å². The smallest absolute Gasteiger partial charge is 0.0110 e. The lowest BCUT2D eigenvalue weighted by atomic mass is 10.1. The Morgan fingerprint density at radius 2 is 1.53 bits per heavy atom. The zero-order valence-corrected chi connectivity index (χ0v) is 13.0. The van der Waals surface area contributed by atoms with E-state index in [4.69, 9.17) is 0 Å². The Hall–Kier alpha value is -0.870. The molecule has 102 valence electrons. The summed E-state index contributed by atoms with van der Waals surface area (Å²) in [5.74, 6) is 0. The number of hydrogen-bond donors (Lipinski definition) is 0. The molecule has 0 aliphatic rings. The molecule has 0 N–H and O–H groups in total. The monoisotopic (exact) mass is 272 g/mol. The first kappa shape index (κ1) is 14.5. The van der Waals surface area contributed by atoms with Crippen LogP contribution in [0.1, 0.15) is 45.4 Å². The van der Waals surface area contributed by atoms with Crippen molar-refractivity contribution in [3.05, 3.63) is 42.5 Å². The Labute approximate surface area is 119 Å². The predicted molar refractivity (Wildman–Crippen MR) is 90.1 cm³/mol. The fraction of sp³-hybridized carbons (Fsp3) is 0.444. The van der Waals surface area contributed by atoms with Crippen LogP contribution in [0.2, 0.25) is 0 Å². The van der Waals surface area contributed by atoms with Gasteiger partial charge in [-0.05, 0) is 28.7 Å². The molecule has 2 aromatic rings. The minimum Gasteiger partial charge on any atom is -0.0897 e. The largest absolute Gasteiger partial charge is 0.0897 e. The fourth-order valence-electron chi connectivity index (χ4n) is 2.51. The molecule has 0 radical (unpaired) electrons. The molecule has 2 aromatic carbocycles. The molecule has 1 atom stereocenters. The topological polar surface area (TPSA) is 0 Å². The van der Waals surface area contributed by atoms with Crippen LogP contribution in [0.25, 0.3) is 10.8 Å². The van der Waals surface area contributed by atoms with Crippen LogP contribution in [-0.2, 0) is 0 Å². The van der Waals surface area contributed by atoms with E-state index in [1.54, 1.807) is 5.30 Å². The minimum absolute atomic E-state index is 0.970. The van der Waals surface area contributed by atoms with Crippen LogP contribution in [0.4, 0.5) is 0 Å². The molecule has 1 heteroatoms. The summed E-state index contributed by atoms with van der Waals surface area (Å²) in [6, 6.07) is 15.5. The Morgan fingerprint density at radius 1 is 0.789 bits per heavy atom. The number of unbranched alkanes of at least 4 members (excludes halogenated alkanes) is 5. The molecule has 0 heterocycles. The van der Waals surface area contributed by atoms with E-state index in [9.17, 15) is 0 Å². The molecular weight excluding hydrogens is 247 g/mol. The van der Waals surface area contributed by atoms with Crippen molar-refractivity contribution in [1.82, 2.24) is 0 Å². The van der Waals surface area contributed by atoms with Crippen LogP contribution in [0.3, 0.4) is 0 Å². The van der Waals surface area contributed by atoms with E-state index in [1.165, 1.54) is 55.5 Å². The highest BCUT2D eigenvalue weighted by Gasteiger charge is 1.99. The average molecular weight is 272 g/mol. The zero-order chi connectivity index (χ0) is 13.3. The standard InChI is InChI=1S/C18H25P/c1-2-3-4-5-6-9-15-19-18-14-10-12-16-11-7-8-13-17(16)18/h7-8,10-14,19H,2-6,9,15H2,1H3. The third-order valence-electron chi connectivity index (χ3n) is 3.64. The van der Waals surface area contributed by atoms with E-state index in [0.717, 1.165) is 8.58 Å². The number of hydrogen-bond acceptors (Lipinski definition) is 0. The number of fused-ring (bicyclic) bond motifs is 1. The van der Waals surface area contributed by atoms with Crippen LogP contribution < -0.4 is 5.30 Å². The average Bonchev–Trinajstić information content (AvgIpc) is 2.46. The van der Waals surface area contributed by atoms with Crippen molar-refractivity contribution in [3.8, 4) is 0 Å². The summed E-state index contributed by atoms with van der Waals surface area (Å²) in [5, 5.41) is 4.39. The molecular formula is C18H25P. The molecule has 0 saturated carbocycles. The number of rotatable bonds is 8. The second-order valence-electron chi connectivity index (χ2n) is 5.22. The Kier molecular flexibility index (Phi) is 6.37. The van der Waals surface area contributed by atoms with Gasteiger partial charge < -0.3 is 0 Å². The maximum Gasteiger partial charge on any atom is -0.0110 e. The van der Waals surface area contributed by atoms with Crippen molar-refractivity contribution in [2.75, 3.05) is 6.16 Å². The normalized spacial score (nSPS) is 11.6. The van der Waals surface area contributed by atoms with Gasteiger partial charge in [0.05, 0.1) is 0 Å². The highest BCUT2D eigenvalue weighted by Crippen LogP contribution is 2.21. The van der Waals surface area contributed by atoms with E-state index in [1.807, 2.05) is 0 Å². The van der Waals surface area contributed by atoms with Crippen molar-refractivity contribution in [3.63, 3.8) is 0 Å². The second kappa shape index (κ2) is 8.33. The molecule has 0 aliphatic carbocycles. The maximum absolute atomic E-state index is 2.30. The summed E-state index contributed by atoms with van der Waals surface area (Å²) in [5.41, 5.74) is 0. The van der Waals surface area contributed by atoms with E-state index in [-0.39, 0.29) is 0 Å². The van der Waals surface area contributed by atoms with Gasteiger partial charge in [0.15, 0.2) is 0 Å². The van der Waals surface area contributed by atoms with E-state index >= 15 is 0 Å². The quantitative estimate of drug-likeness (QED) is 0.439. The lowest BCUT2D eigenvalue weighted by molar-refractivity contribution is 0.627. The van der Waals surface area contributed by atoms with Gasteiger partial charge in [-0.3, -0.25) is 0 Å². The minimum atomic E-state index is 0.970. The summed E-state index contributed by atoms with van der Waals surface area (Å²) in [6.07, 6.45) is 9.77. The summed E-state index contributed by atoms with van der Waals surface area (Å²) in [4.78, 5) is 0. The lowest BCUT2D eigenvalue weighted by Crippen LogP contribution is -1.97. The van der Waals surface area contributed by atoms with Crippen LogP contribution in [0.15, 0.2) is 42.5 Å². The van der Waals surface area contributed by atoms with Crippen molar-refractivity contribution >= 4 is 24.7 Å². The van der Waals surface area contributed by atoms with Gasteiger partial charge in [0, 0.05) is 0 Å². The zero-order valence-electron chi connectivity index (χ0n) is 12.0. The molecule has 0 amide bonds. The maximum atomic E-state index is 2.30. The van der Waals surface area contributed by atoms with Crippen molar-refractivity contribution in [1.29, 1.82) is 0 Å². The fourth-order valence-corrected chi connectivity index (χ4v) is 3.84. The Morgan fingerprint density at radius 3 is 2.42 bits per heavy atom. The highest BCUT2D eigenvalue weighted by molar-refractivity contribution is 7.47. The summed E-state index contributed by atoms with van der Waals surface area (Å²) in [7, 11) is 0.970. The molecule has 0 spiro atoms. The summed E-state index contributed by atoms with van der Waals surface area (Å²) >= 11 is 0. The van der Waals surface area contributed by atoms with E-state index < -0.39 is 0 Å². The van der Waals surface area contributed by atoms with Crippen LogP contribution in [0.5, 0.6) is 0 Å². The lowest BCUT2D eigenvalue weighted by Gasteiger charge is -2.06. The number of benzene rings is 2. The summed E-state index contributed by atoms with van der Waals surface area (Å²) < 4.78 is 0. The molecule has 1 unspecified atom stereocenters. The van der Waals surface area contributed by atoms with Gasteiger partial charge in [-0.15, -0.1) is 0 Å². The molecule has 0 nitrogen and oxygen atoms in total. The van der Waals surface area contributed by atoms with Gasteiger partial charge >= 0.3 is 0 Å². The van der Waals surface area contributed by atoms with Crippen LogP contribution >= 0.6 is 8.58 Å². The molecule has 19 heavy (non-hydrogen) atoms. The third kappa shape index (κ3) is 4.62. The predicted octanol–water partition coefficient (Wildman–Crippen LogP) is 5.50. The van der Waals surface area contributed by atoms with Gasteiger partial charge in [-0.2, -0.15) is 0 Å². The Balaban J connectivity index is 1.78. The SMILES string of the molecule is CCCCCCCCPc1cccc2ccccc12. The molecule has 0 bridgehead atoms. The Bertz CT molecular complexity index is 485. The molecule has 0 aromatic heterocycles. The third-order valence-corrected chi connectivity index (χ3v) is 5.06. The van der Waals surface area contributed by atoms with E-state index in [0.29, 0.717) is 0 Å². The van der Waals surface area contributed by atoms with Crippen LogP contribution in [0, 0.1) is 0 Å². The highest BCUT2D eigenvalue weighted by atomic mass is 31.1. The summed E-state index contributed by atoms with van der Waals surface area (Å²) in [6.45, 7) is 2.28. The van der Waals surface area contributed by atoms with Crippen molar-refractivity contribution in [2.24, 2.45) is 0 Å². The van der Waals surface area contributed by atoms with Gasteiger partial charge in [-0.1, -0.05) is 90.1 Å². The first-order valence-electron chi connectivity index (χ1n) is 7.63.